The Morgan fingerprint density at radius 2 is 1.66 bits per heavy atom. The highest BCUT2D eigenvalue weighted by Gasteiger charge is 2.22. The SMILES string of the molecule is Cc1cccc(NC(=O)Nc2ccc(N3CCC(C)CC3)c(C(=O)NCc3ccccc3)c2)c1C. The maximum atomic E-state index is 13.3. The second kappa shape index (κ2) is 11.1. The zero-order chi connectivity index (χ0) is 24.8. The van der Waals surface area contributed by atoms with Gasteiger partial charge in [0.2, 0.25) is 0 Å². The highest BCUT2D eigenvalue weighted by Crippen LogP contribution is 2.29. The number of piperidine rings is 1. The summed E-state index contributed by atoms with van der Waals surface area (Å²) in [6.45, 7) is 8.54. The van der Waals surface area contributed by atoms with Crippen molar-refractivity contribution in [1.29, 1.82) is 0 Å². The van der Waals surface area contributed by atoms with Crippen molar-refractivity contribution in [3.05, 3.63) is 89.0 Å². The summed E-state index contributed by atoms with van der Waals surface area (Å²) >= 11 is 0. The van der Waals surface area contributed by atoms with Crippen LogP contribution in [0.1, 0.15) is 46.8 Å². The number of benzene rings is 3. The largest absolute Gasteiger partial charge is 0.371 e. The van der Waals surface area contributed by atoms with Crippen molar-refractivity contribution in [2.45, 2.75) is 40.2 Å². The maximum absolute atomic E-state index is 13.3. The molecule has 6 heteroatoms. The highest BCUT2D eigenvalue weighted by molar-refractivity contribution is 6.04. The fraction of sp³-hybridized carbons (Fsp3) is 0.310. The molecule has 0 aromatic heterocycles. The van der Waals surface area contributed by atoms with Gasteiger partial charge in [-0.2, -0.15) is 0 Å². The monoisotopic (exact) mass is 470 g/mol. The summed E-state index contributed by atoms with van der Waals surface area (Å²) in [7, 11) is 0. The average molecular weight is 471 g/mol. The zero-order valence-corrected chi connectivity index (χ0v) is 20.7. The van der Waals surface area contributed by atoms with Crippen molar-refractivity contribution in [2.75, 3.05) is 28.6 Å². The Kier molecular flexibility index (Phi) is 7.70. The van der Waals surface area contributed by atoms with E-state index in [1.807, 2.05) is 74.5 Å². The van der Waals surface area contributed by atoms with Crippen LogP contribution in [0, 0.1) is 19.8 Å². The number of rotatable bonds is 6. The van der Waals surface area contributed by atoms with Gasteiger partial charge in [-0.05, 0) is 73.6 Å². The molecule has 0 aliphatic carbocycles. The molecule has 6 nitrogen and oxygen atoms in total. The molecule has 182 valence electrons. The van der Waals surface area contributed by atoms with Crippen LogP contribution in [-0.2, 0) is 6.54 Å². The lowest BCUT2D eigenvalue weighted by atomic mass is 9.97. The van der Waals surface area contributed by atoms with Gasteiger partial charge in [-0.15, -0.1) is 0 Å². The fourth-order valence-corrected chi connectivity index (χ4v) is 4.37. The molecule has 0 spiro atoms. The molecule has 0 atom stereocenters. The topological polar surface area (TPSA) is 73.5 Å². The van der Waals surface area contributed by atoms with Gasteiger partial charge in [-0.3, -0.25) is 4.79 Å². The number of nitrogens with zero attached hydrogens (tertiary/aromatic N) is 1. The van der Waals surface area contributed by atoms with Gasteiger partial charge in [0.15, 0.2) is 0 Å². The van der Waals surface area contributed by atoms with E-state index in [1.165, 1.54) is 0 Å². The summed E-state index contributed by atoms with van der Waals surface area (Å²) in [6, 6.07) is 20.9. The van der Waals surface area contributed by atoms with Crippen LogP contribution in [-0.4, -0.2) is 25.0 Å². The first-order chi connectivity index (χ1) is 16.9. The average Bonchev–Trinajstić information content (AvgIpc) is 2.86. The molecule has 0 saturated carbocycles. The number of carbonyl (C=O) groups is 2. The Morgan fingerprint density at radius 3 is 2.40 bits per heavy atom. The van der Waals surface area contributed by atoms with E-state index in [0.29, 0.717) is 23.7 Å². The summed E-state index contributed by atoms with van der Waals surface area (Å²) in [4.78, 5) is 28.3. The third-order valence-electron chi connectivity index (χ3n) is 6.77. The van der Waals surface area contributed by atoms with Gasteiger partial charge in [0.1, 0.15) is 0 Å². The normalized spacial score (nSPS) is 13.9. The molecule has 1 fully saturated rings. The second-order valence-corrected chi connectivity index (χ2v) is 9.40. The number of anilines is 3. The van der Waals surface area contributed by atoms with Gasteiger partial charge >= 0.3 is 6.03 Å². The summed E-state index contributed by atoms with van der Waals surface area (Å²) in [5.41, 5.74) is 5.99. The van der Waals surface area contributed by atoms with Crippen molar-refractivity contribution in [1.82, 2.24) is 5.32 Å². The van der Waals surface area contributed by atoms with E-state index < -0.39 is 0 Å². The zero-order valence-electron chi connectivity index (χ0n) is 20.7. The Labute approximate surface area is 207 Å². The predicted molar refractivity (Wildman–Crippen MR) is 143 cm³/mol. The third kappa shape index (κ3) is 6.21. The van der Waals surface area contributed by atoms with E-state index >= 15 is 0 Å². The van der Waals surface area contributed by atoms with Crippen LogP contribution in [0.15, 0.2) is 66.7 Å². The van der Waals surface area contributed by atoms with E-state index in [1.54, 1.807) is 6.07 Å². The molecule has 3 aromatic carbocycles. The first-order valence-corrected chi connectivity index (χ1v) is 12.3. The Hall–Kier alpha value is -3.80. The molecule has 0 bridgehead atoms. The number of amides is 3. The van der Waals surface area contributed by atoms with Gasteiger partial charge in [0.25, 0.3) is 5.91 Å². The van der Waals surface area contributed by atoms with Crippen LogP contribution in [0.5, 0.6) is 0 Å². The Morgan fingerprint density at radius 1 is 0.914 bits per heavy atom. The van der Waals surface area contributed by atoms with Crippen molar-refractivity contribution >= 4 is 29.0 Å². The summed E-state index contributed by atoms with van der Waals surface area (Å²) in [5, 5.41) is 8.86. The van der Waals surface area contributed by atoms with Crippen LogP contribution in [0.25, 0.3) is 0 Å². The molecule has 1 aliphatic rings. The lowest BCUT2D eigenvalue weighted by molar-refractivity contribution is 0.0951. The molecule has 1 aliphatic heterocycles. The molecule has 35 heavy (non-hydrogen) atoms. The standard InChI is InChI=1S/C29H34N4O2/c1-20-14-16-33(17-15-20)27-13-12-24(31-29(35)32-26-11-7-8-21(2)22(26)3)18-25(27)28(34)30-19-23-9-5-4-6-10-23/h4-13,18,20H,14-17,19H2,1-3H3,(H,30,34)(H2,31,32,35). The van der Waals surface area contributed by atoms with Gasteiger partial charge in [-0.25, -0.2) is 4.79 Å². The van der Waals surface area contributed by atoms with Crippen molar-refractivity contribution in [2.24, 2.45) is 5.92 Å². The molecule has 0 radical (unpaired) electrons. The molecule has 1 heterocycles. The molecule has 3 N–H and O–H groups in total. The van der Waals surface area contributed by atoms with Crippen LogP contribution in [0.2, 0.25) is 0 Å². The quantitative estimate of drug-likeness (QED) is 0.407. The van der Waals surface area contributed by atoms with Gasteiger partial charge in [0, 0.05) is 36.7 Å². The van der Waals surface area contributed by atoms with Crippen molar-refractivity contribution in [3.8, 4) is 0 Å². The van der Waals surface area contributed by atoms with Crippen molar-refractivity contribution in [3.63, 3.8) is 0 Å². The number of hydrogen-bond donors (Lipinski definition) is 3. The number of carbonyl (C=O) groups excluding carboxylic acids is 2. The number of nitrogens with one attached hydrogen (secondary N) is 3. The minimum atomic E-state index is -0.339. The van der Waals surface area contributed by atoms with Crippen molar-refractivity contribution < 1.29 is 9.59 Å². The third-order valence-corrected chi connectivity index (χ3v) is 6.77. The molecule has 3 aromatic rings. The molecule has 3 amide bonds. The minimum absolute atomic E-state index is 0.152. The fourth-order valence-electron chi connectivity index (χ4n) is 4.37. The highest BCUT2D eigenvalue weighted by atomic mass is 16.2. The van der Waals surface area contributed by atoms with E-state index in [0.717, 1.165) is 54.0 Å². The predicted octanol–water partition coefficient (Wildman–Crippen LogP) is 6.11. The second-order valence-electron chi connectivity index (χ2n) is 9.40. The van der Waals surface area contributed by atoms with E-state index in [-0.39, 0.29) is 11.9 Å². The smallest absolute Gasteiger partial charge is 0.323 e. The number of urea groups is 1. The molecular formula is C29H34N4O2. The van der Waals surface area contributed by atoms with Crippen LogP contribution in [0.3, 0.4) is 0 Å². The Bertz CT molecular complexity index is 1180. The summed E-state index contributed by atoms with van der Waals surface area (Å²) < 4.78 is 0. The molecule has 4 rings (SSSR count). The summed E-state index contributed by atoms with van der Waals surface area (Å²) in [6.07, 6.45) is 2.20. The lowest BCUT2D eigenvalue weighted by Gasteiger charge is -2.33. The number of aryl methyl sites for hydroxylation is 1. The number of hydrogen-bond acceptors (Lipinski definition) is 3. The van der Waals surface area contributed by atoms with Crippen LogP contribution in [0.4, 0.5) is 21.9 Å². The van der Waals surface area contributed by atoms with Gasteiger partial charge in [-0.1, -0.05) is 49.4 Å². The first kappa shape index (κ1) is 24.3. The lowest BCUT2D eigenvalue weighted by Crippen LogP contribution is -2.35. The Balaban J connectivity index is 1.53. The first-order valence-electron chi connectivity index (χ1n) is 12.3. The minimum Gasteiger partial charge on any atom is -0.371 e. The summed E-state index contributed by atoms with van der Waals surface area (Å²) in [5.74, 6) is 0.539. The molecule has 0 unspecified atom stereocenters. The van der Waals surface area contributed by atoms with Gasteiger partial charge in [0.05, 0.1) is 5.56 Å². The van der Waals surface area contributed by atoms with Crippen LogP contribution >= 0.6 is 0 Å². The van der Waals surface area contributed by atoms with E-state index in [2.05, 4.69) is 27.8 Å². The van der Waals surface area contributed by atoms with Crippen LogP contribution < -0.4 is 20.9 Å². The van der Waals surface area contributed by atoms with E-state index in [4.69, 9.17) is 0 Å². The van der Waals surface area contributed by atoms with Gasteiger partial charge < -0.3 is 20.9 Å². The van der Waals surface area contributed by atoms with E-state index in [9.17, 15) is 9.59 Å². The molecule has 1 saturated heterocycles. The molecular weight excluding hydrogens is 436 g/mol. The maximum Gasteiger partial charge on any atom is 0.323 e.